The molecular weight excluding hydrogens is 448 g/mol. The van der Waals surface area contributed by atoms with Crippen molar-refractivity contribution in [3.8, 4) is 5.75 Å². The van der Waals surface area contributed by atoms with Gasteiger partial charge in [0, 0.05) is 23.7 Å². The van der Waals surface area contributed by atoms with E-state index in [0.29, 0.717) is 35.2 Å². The van der Waals surface area contributed by atoms with Gasteiger partial charge in [-0.15, -0.1) is 0 Å². The predicted octanol–water partition coefficient (Wildman–Crippen LogP) is 5.10. The topological polar surface area (TPSA) is 75.7 Å². The SMILES string of the molecule is CS(=O)(=O)N(CCCC(=O)Nc1ccc(OCc2ccccc2)cc1)c1ccc(Cl)cc1. The lowest BCUT2D eigenvalue weighted by Gasteiger charge is -2.22. The van der Waals surface area contributed by atoms with Crippen molar-refractivity contribution in [3.05, 3.63) is 89.4 Å². The Labute approximate surface area is 193 Å². The Balaban J connectivity index is 1.48. The van der Waals surface area contributed by atoms with E-state index in [0.717, 1.165) is 11.8 Å². The molecule has 0 atom stereocenters. The molecule has 8 heteroatoms. The molecule has 1 N–H and O–H groups in total. The molecule has 0 aliphatic carbocycles. The Kier molecular flexibility index (Phi) is 8.14. The first-order valence-corrected chi connectivity index (χ1v) is 12.3. The monoisotopic (exact) mass is 472 g/mol. The number of anilines is 2. The number of carbonyl (C=O) groups excluding carboxylic acids is 1. The third-order valence-electron chi connectivity index (χ3n) is 4.67. The number of amides is 1. The summed E-state index contributed by atoms with van der Waals surface area (Å²) in [7, 11) is -3.47. The first kappa shape index (κ1) is 23.6. The summed E-state index contributed by atoms with van der Waals surface area (Å²) >= 11 is 5.88. The minimum Gasteiger partial charge on any atom is -0.489 e. The molecule has 6 nitrogen and oxygen atoms in total. The average molecular weight is 473 g/mol. The van der Waals surface area contributed by atoms with Gasteiger partial charge in [-0.05, 0) is 60.5 Å². The van der Waals surface area contributed by atoms with Crippen LogP contribution in [0.15, 0.2) is 78.9 Å². The van der Waals surface area contributed by atoms with Crippen molar-refractivity contribution in [2.45, 2.75) is 19.4 Å². The van der Waals surface area contributed by atoms with Gasteiger partial charge in [-0.2, -0.15) is 0 Å². The van der Waals surface area contributed by atoms with E-state index in [1.54, 1.807) is 48.5 Å². The summed E-state index contributed by atoms with van der Waals surface area (Å²) < 4.78 is 31.3. The average Bonchev–Trinajstić information content (AvgIpc) is 2.77. The van der Waals surface area contributed by atoms with Crippen molar-refractivity contribution in [2.24, 2.45) is 0 Å². The van der Waals surface area contributed by atoms with Crippen LogP contribution in [0, 0.1) is 0 Å². The Morgan fingerprint density at radius 1 is 0.969 bits per heavy atom. The molecule has 3 rings (SSSR count). The largest absolute Gasteiger partial charge is 0.489 e. The van der Waals surface area contributed by atoms with Gasteiger partial charge < -0.3 is 10.1 Å². The fourth-order valence-corrected chi connectivity index (χ4v) is 4.17. The summed E-state index contributed by atoms with van der Waals surface area (Å²) in [6, 6.07) is 23.6. The second kappa shape index (κ2) is 11.0. The standard InChI is InChI=1S/C24H25ClN2O4S/c1-32(29,30)27(22-13-9-20(25)10-14-22)17-5-8-24(28)26-21-11-15-23(16-12-21)31-18-19-6-3-2-4-7-19/h2-4,6-7,9-16H,5,8,17-18H2,1H3,(H,26,28). The summed E-state index contributed by atoms with van der Waals surface area (Å²) in [4.78, 5) is 12.3. The number of ether oxygens (including phenoxy) is 1. The summed E-state index contributed by atoms with van der Waals surface area (Å²) in [6.45, 7) is 0.664. The van der Waals surface area contributed by atoms with E-state index in [9.17, 15) is 13.2 Å². The molecule has 0 aromatic heterocycles. The van der Waals surface area contributed by atoms with Crippen LogP contribution in [0.4, 0.5) is 11.4 Å². The number of hydrogen-bond donors (Lipinski definition) is 1. The molecule has 0 aliphatic heterocycles. The smallest absolute Gasteiger partial charge is 0.232 e. The molecule has 0 unspecified atom stereocenters. The fourth-order valence-electron chi connectivity index (χ4n) is 3.08. The third-order valence-corrected chi connectivity index (χ3v) is 6.11. The molecule has 0 radical (unpaired) electrons. The number of rotatable bonds is 10. The van der Waals surface area contributed by atoms with Crippen molar-refractivity contribution >= 4 is 38.9 Å². The molecule has 0 saturated heterocycles. The van der Waals surface area contributed by atoms with Crippen LogP contribution in [0.5, 0.6) is 5.75 Å². The van der Waals surface area contributed by atoms with E-state index in [2.05, 4.69) is 5.32 Å². The van der Waals surface area contributed by atoms with E-state index >= 15 is 0 Å². The van der Waals surface area contributed by atoms with Crippen LogP contribution in [0.2, 0.25) is 5.02 Å². The Bertz CT molecular complexity index is 1120. The van der Waals surface area contributed by atoms with Crippen LogP contribution in [-0.2, 0) is 21.4 Å². The molecule has 0 aliphatic rings. The van der Waals surface area contributed by atoms with E-state index in [1.165, 1.54) is 4.31 Å². The molecular formula is C24H25ClN2O4S. The number of nitrogens with zero attached hydrogens (tertiary/aromatic N) is 1. The quantitative estimate of drug-likeness (QED) is 0.445. The molecule has 3 aromatic carbocycles. The Morgan fingerprint density at radius 2 is 1.62 bits per heavy atom. The molecule has 0 bridgehead atoms. The number of halogens is 1. The van der Waals surface area contributed by atoms with Crippen LogP contribution in [0.25, 0.3) is 0 Å². The fraction of sp³-hybridized carbons (Fsp3) is 0.208. The molecule has 168 valence electrons. The zero-order chi connectivity index (χ0) is 23.0. The van der Waals surface area contributed by atoms with Gasteiger partial charge in [0.25, 0.3) is 0 Å². The van der Waals surface area contributed by atoms with Gasteiger partial charge in [0.2, 0.25) is 15.9 Å². The summed E-state index contributed by atoms with van der Waals surface area (Å²) in [6.07, 6.45) is 1.70. The zero-order valence-electron chi connectivity index (χ0n) is 17.7. The van der Waals surface area contributed by atoms with Gasteiger partial charge in [-0.3, -0.25) is 9.10 Å². The maximum atomic E-state index is 12.3. The van der Waals surface area contributed by atoms with Crippen molar-refractivity contribution in [1.82, 2.24) is 0 Å². The van der Waals surface area contributed by atoms with E-state index < -0.39 is 10.0 Å². The lowest BCUT2D eigenvalue weighted by molar-refractivity contribution is -0.116. The number of benzene rings is 3. The van der Waals surface area contributed by atoms with Crippen LogP contribution in [0.3, 0.4) is 0 Å². The van der Waals surface area contributed by atoms with Crippen LogP contribution >= 0.6 is 11.6 Å². The Hall–Kier alpha value is -3.03. The van der Waals surface area contributed by atoms with Gasteiger partial charge in [0.15, 0.2) is 0 Å². The molecule has 3 aromatic rings. The van der Waals surface area contributed by atoms with Gasteiger partial charge >= 0.3 is 0 Å². The van der Waals surface area contributed by atoms with E-state index in [-0.39, 0.29) is 18.9 Å². The highest BCUT2D eigenvalue weighted by atomic mass is 35.5. The zero-order valence-corrected chi connectivity index (χ0v) is 19.3. The summed E-state index contributed by atoms with van der Waals surface area (Å²) in [5.74, 6) is 0.520. The van der Waals surface area contributed by atoms with Gasteiger partial charge in [-0.1, -0.05) is 41.9 Å². The van der Waals surface area contributed by atoms with Crippen LogP contribution < -0.4 is 14.4 Å². The summed E-state index contributed by atoms with van der Waals surface area (Å²) in [5.41, 5.74) is 2.25. The third kappa shape index (κ3) is 7.28. The molecule has 32 heavy (non-hydrogen) atoms. The second-order valence-corrected chi connectivity index (χ2v) is 9.61. The van der Waals surface area contributed by atoms with E-state index in [4.69, 9.17) is 16.3 Å². The lowest BCUT2D eigenvalue weighted by Crippen LogP contribution is -2.31. The number of sulfonamides is 1. The first-order valence-electron chi connectivity index (χ1n) is 10.1. The Morgan fingerprint density at radius 3 is 2.25 bits per heavy atom. The first-order chi connectivity index (χ1) is 15.3. The molecule has 0 heterocycles. The normalized spacial score (nSPS) is 11.1. The minimum absolute atomic E-state index is 0.186. The van der Waals surface area contributed by atoms with E-state index in [1.807, 2.05) is 30.3 Å². The second-order valence-electron chi connectivity index (χ2n) is 7.26. The number of hydrogen-bond acceptors (Lipinski definition) is 4. The van der Waals surface area contributed by atoms with Crippen molar-refractivity contribution < 1.29 is 17.9 Å². The highest BCUT2D eigenvalue weighted by molar-refractivity contribution is 7.92. The highest BCUT2D eigenvalue weighted by Gasteiger charge is 2.17. The minimum atomic E-state index is -3.47. The van der Waals surface area contributed by atoms with Gasteiger partial charge in [-0.25, -0.2) is 8.42 Å². The highest BCUT2D eigenvalue weighted by Crippen LogP contribution is 2.21. The summed E-state index contributed by atoms with van der Waals surface area (Å²) in [5, 5.41) is 3.35. The van der Waals surface area contributed by atoms with Gasteiger partial charge in [0.1, 0.15) is 12.4 Å². The number of nitrogens with one attached hydrogen (secondary N) is 1. The maximum absolute atomic E-state index is 12.3. The molecule has 0 spiro atoms. The lowest BCUT2D eigenvalue weighted by atomic mass is 10.2. The van der Waals surface area contributed by atoms with Crippen LogP contribution in [-0.4, -0.2) is 27.1 Å². The van der Waals surface area contributed by atoms with Crippen molar-refractivity contribution in [1.29, 1.82) is 0 Å². The molecule has 0 fully saturated rings. The van der Waals surface area contributed by atoms with Crippen molar-refractivity contribution in [2.75, 3.05) is 22.4 Å². The maximum Gasteiger partial charge on any atom is 0.232 e. The molecule has 0 saturated carbocycles. The van der Waals surface area contributed by atoms with Crippen LogP contribution in [0.1, 0.15) is 18.4 Å². The number of carbonyl (C=O) groups is 1. The molecule has 1 amide bonds. The van der Waals surface area contributed by atoms with Gasteiger partial charge in [0.05, 0.1) is 11.9 Å². The predicted molar refractivity (Wildman–Crippen MR) is 129 cm³/mol. The van der Waals surface area contributed by atoms with Crippen molar-refractivity contribution in [3.63, 3.8) is 0 Å².